The molecule has 1 fully saturated rings. The van der Waals surface area contributed by atoms with Crippen LogP contribution in [0, 0.1) is 11.8 Å². The summed E-state index contributed by atoms with van der Waals surface area (Å²) in [4.78, 5) is 1.64. The predicted octanol–water partition coefficient (Wildman–Crippen LogP) is 2.93. The van der Waals surface area contributed by atoms with Crippen molar-refractivity contribution in [1.29, 1.82) is 0 Å². The monoisotopic (exact) mass is 302 g/mol. The summed E-state index contributed by atoms with van der Waals surface area (Å²) in [6.45, 7) is 8.92. The van der Waals surface area contributed by atoms with Gasteiger partial charge in [-0.1, -0.05) is 37.0 Å². The zero-order chi connectivity index (χ0) is 13.8. The number of rotatable bonds is 4. The smallest absolute Gasteiger partial charge is 0.138 e. The molecule has 0 saturated carbocycles. The van der Waals surface area contributed by atoms with E-state index in [2.05, 4.69) is 13.8 Å². The van der Waals surface area contributed by atoms with E-state index in [-0.39, 0.29) is 0 Å². The summed E-state index contributed by atoms with van der Waals surface area (Å²) in [5, 5.41) is 1.23. The average Bonchev–Trinajstić information content (AvgIpc) is 2.30. The van der Waals surface area contributed by atoms with Crippen LogP contribution in [0.2, 0.25) is 10.0 Å². The van der Waals surface area contributed by atoms with Gasteiger partial charge in [-0.25, -0.2) is 0 Å². The van der Waals surface area contributed by atoms with Crippen LogP contribution in [0.4, 0.5) is 0 Å². The van der Waals surface area contributed by atoms with Gasteiger partial charge in [0.05, 0.1) is 18.1 Å². The van der Waals surface area contributed by atoms with Crippen molar-refractivity contribution in [3.8, 4) is 5.75 Å². The van der Waals surface area contributed by atoms with Crippen LogP contribution in [0.3, 0.4) is 0 Å². The molecule has 106 valence electrons. The lowest BCUT2D eigenvalue weighted by Crippen LogP contribution is -3.14. The van der Waals surface area contributed by atoms with E-state index in [1.54, 1.807) is 17.0 Å². The molecule has 1 heterocycles. The number of benzene rings is 1. The number of piperidine rings is 1. The third-order valence-electron chi connectivity index (χ3n) is 3.69. The highest BCUT2D eigenvalue weighted by Gasteiger charge is 2.24. The average molecular weight is 303 g/mol. The topological polar surface area (TPSA) is 13.7 Å². The molecule has 2 rings (SSSR count). The van der Waals surface area contributed by atoms with Gasteiger partial charge in [-0.05, 0) is 24.6 Å². The standard InChI is InChI=1S/C15H21Cl2NO/c1-11-7-12(2)10-18(9-11)5-6-19-15-4-3-13(16)8-14(15)17/h3-4,8,11-12H,5-7,9-10H2,1-2H3/p+1/t11-,12-/m0/s1. The molecule has 0 radical (unpaired) electrons. The van der Waals surface area contributed by atoms with E-state index in [1.165, 1.54) is 19.5 Å². The fourth-order valence-electron chi connectivity index (χ4n) is 3.02. The zero-order valence-corrected chi connectivity index (χ0v) is 13.1. The maximum Gasteiger partial charge on any atom is 0.138 e. The van der Waals surface area contributed by atoms with Crippen LogP contribution in [-0.2, 0) is 0 Å². The van der Waals surface area contributed by atoms with E-state index >= 15 is 0 Å². The lowest BCUT2D eigenvalue weighted by molar-refractivity contribution is -0.912. The van der Waals surface area contributed by atoms with Crippen LogP contribution >= 0.6 is 23.2 Å². The van der Waals surface area contributed by atoms with Crippen molar-refractivity contribution in [3.63, 3.8) is 0 Å². The molecule has 19 heavy (non-hydrogen) atoms. The van der Waals surface area contributed by atoms with Crippen LogP contribution < -0.4 is 9.64 Å². The van der Waals surface area contributed by atoms with Gasteiger partial charge in [-0.2, -0.15) is 0 Å². The van der Waals surface area contributed by atoms with Gasteiger partial charge in [0, 0.05) is 16.9 Å². The number of hydrogen-bond acceptors (Lipinski definition) is 1. The maximum atomic E-state index is 6.08. The van der Waals surface area contributed by atoms with E-state index < -0.39 is 0 Å². The van der Waals surface area contributed by atoms with E-state index in [0.717, 1.165) is 24.1 Å². The molecule has 1 aromatic rings. The molecule has 0 spiro atoms. The summed E-state index contributed by atoms with van der Waals surface area (Å²) in [6, 6.07) is 5.36. The summed E-state index contributed by atoms with van der Waals surface area (Å²) >= 11 is 11.9. The molecular formula is C15H22Cl2NO+. The van der Waals surface area contributed by atoms with Crippen molar-refractivity contribution < 1.29 is 9.64 Å². The molecule has 1 aliphatic rings. The van der Waals surface area contributed by atoms with Gasteiger partial charge in [-0.3, -0.25) is 0 Å². The van der Waals surface area contributed by atoms with Crippen molar-refractivity contribution in [2.75, 3.05) is 26.2 Å². The molecule has 1 saturated heterocycles. The molecule has 0 unspecified atom stereocenters. The van der Waals surface area contributed by atoms with E-state index in [1.807, 2.05) is 6.07 Å². The number of halogens is 2. The van der Waals surface area contributed by atoms with Gasteiger partial charge in [0.2, 0.25) is 0 Å². The molecule has 2 atom stereocenters. The van der Waals surface area contributed by atoms with Gasteiger partial charge in [-0.15, -0.1) is 0 Å². The Morgan fingerprint density at radius 1 is 1.21 bits per heavy atom. The Hall–Kier alpha value is -0.440. The molecular weight excluding hydrogens is 281 g/mol. The van der Waals surface area contributed by atoms with E-state index in [0.29, 0.717) is 16.7 Å². The Morgan fingerprint density at radius 3 is 2.53 bits per heavy atom. The quantitative estimate of drug-likeness (QED) is 0.903. The van der Waals surface area contributed by atoms with Crippen molar-refractivity contribution in [3.05, 3.63) is 28.2 Å². The summed E-state index contributed by atoms with van der Waals surface area (Å²) in [5.74, 6) is 2.36. The molecule has 0 aliphatic carbocycles. The Morgan fingerprint density at radius 2 is 1.89 bits per heavy atom. The number of nitrogens with one attached hydrogen (secondary N) is 1. The lowest BCUT2D eigenvalue weighted by atomic mass is 9.92. The van der Waals surface area contributed by atoms with Crippen LogP contribution in [0.1, 0.15) is 20.3 Å². The molecule has 4 heteroatoms. The Kier molecular flexibility index (Phi) is 5.37. The first-order chi connectivity index (χ1) is 9.04. The molecule has 0 bridgehead atoms. The second-order valence-corrected chi connectivity index (χ2v) is 6.62. The van der Waals surface area contributed by atoms with Crippen LogP contribution in [0.15, 0.2) is 18.2 Å². The summed E-state index contributed by atoms with van der Waals surface area (Å²) in [7, 11) is 0. The summed E-state index contributed by atoms with van der Waals surface area (Å²) < 4.78 is 5.75. The first-order valence-electron chi connectivity index (χ1n) is 6.96. The van der Waals surface area contributed by atoms with E-state index in [4.69, 9.17) is 27.9 Å². The number of hydrogen-bond donors (Lipinski definition) is 1. The molecule has 1 aliphatic heterocycles. The minimum Gasteiger partial charge on any atom is -0.486 e. The number of quaternary nitrogens is 1. The van der Waals surface area contributed by atoms with E-state index in [9.17, 15) is 0 Å². The van der Waals surface area contributed by atoms with Crippen molar-refractivity contribution >= 4 is 23.2 Å². The van der Waals surface area contributed by atoms with Crippen LogP contribution in [0.5, 0.6) is 5.75 Å². The highest BCUT2D eigenvalue weighted by atomic mass is 35.5. The molecule has 0 aromatic heterocycles. The highest BCUT2D eigenvalue weighted by Crippen LogP contribution is 2.27. The first kappa shape index (κ1) is 15.0. The largest absolute Gasteiger partial charge is 0.486 e. The van der Waals surface area contributed by atoms with Gasteiger partial charge in [0.25, 0.3) is 0 Å². The second-order valence-electron chi connectivity index (χ2n) is 5.78. The highest BCUT2D eigenvalue weighted by molar-refractivity contribution is 6.35. The molecule has 1 aromatic carbocycles. The zero-order valence-electron chi connectivity index (χ0n) is 11.6. The van der Waals surface area contributed by atoms with Gasteiger partial charge >= 0.3 is 0 Å². The van der Waals surface area contributed by atoms with Crippen molar-refractivity contribution in [2.24, 2.45) is 11.8 Å². The fourth-order valence-corrected chi connectivity index (χ4v) is 3.49. The Bertz CT molecular complexity index is 415. The SMILES string of the molecule is C[C@H]1C[C@H](C)C[NH+](CCOc2ccc(Cl)cc2Cl)C1. The summed E-state index contributed by atoms with van der Waals surface area (Å²) in [6.07, 6.45) is 1.35. The van der Waals surface area contributed by atoms with Crippen molar-refractivity contribution in [2.45, 2.75) is 20.3 Å². The first-order valence-corrected chi connectivity index (χ1v) is 7.71. The van der Waals surface area contributed by atoms with Gasteiger partial charge < -0.3 is 9.64 Å². The van der Waals surface area contributed by atoms with Gasteiger partial charge in [0.1, 0.15) is 18.9 Å². The van der Waals surface area contributed by atoms with Crippen LogP contribution in [0.25, 0.3) is 0 Å². The normalized spacial score (nSPS) is 27.3. The third kappa shape index (κ3) is 4.55. The Labute approximate surface area is 125 Å². The number of ether oxygens (including phenoxy) is 1. The van der Waals surface area contributed by atoms with Crippen LogP contribution in [-0.4, -0.2) is 26.2 Å². The lowest BCUT2D eigenvalue weighted by Gasteiger charge is -2.31. The summed E-state index contributed by atoms with van der Waals surface area (Å²) in [5.41, 5.74) is 0. The van der Waals surface area contributed by atoms with Gasteiger partial charge in [0.15, 0.2) is 0 Å². The Balaban J connectivity index is 1.80. The molecule has 1 N–H and O–H groups in total. The maximum absolute atomic E-state index is 6.08. The fraction of sp³-hybridized carbons (Fsp3) is 0.600. The second kappa shape index (κ2) is 6.83. The predicted molar refractivity (Wildman–Crippen MR) is 80.5 cm³/mol. The number of likely N-dealkylation sites (tertiary alicyclic amines) is 1. The minimum atomic E-state index is 0.586. The third-order valence-corrected chi connectivity index (χ3v) is 4.22. The van der Waals surface area contributed by atoms with Crippen molar-refractivity contribution in [1.82, 2.24) is 0 Å². The molecule has 2 nitrogen and oxygen atoms in total. The minimum absolute atomic E-state index is 0.586. The molecule has 0 amide bonds.